The number of Topliss-reactive ketones (excluding diaryl/α,β-unsaturated/α-hetero) is 1. The number of methoxy groups -OCH3 is 1. The molecule has 3 fully saturated rings. The number of esters is 1. The van der Waals surface area contributed by atoms with E-state index in [9.17, 15) is 14.2 Å². The molecule has 0 aromatic heterocycles. The first-order chi connectivity index (χ1) is 17.0. The number of benzene rings is 1. The van der Waals surface area contributed by atoms with Crippen LogP contribution < -0.4 is 5.09 Å². The Bertz CT molecular complexity index is 941. The summed E-state index contributed by atoms with van der Waals surface area (Å²) in [5.41, 5.74) is -0.192. The summed E-state index contributed by atoms with van der Waals surface area (Å²) in [5.74, 6) is -0.583. The van der Waals surface area contributed by atoms with Crippen molar-refractivity contribution in [2.24, 2.45) is 5.92 Å². The van der Waals surface area contributed by atoms with Gasteiger partial charge in [0.05, 0.1) is 25.4 Å². The number of rotatable bonds is 13. The smallest absolute Gasteiger partial charge is 0.406 e. The third-order valence-electron chi connectivity index (χ3n) is 6.69. The third-order valence-corrected chi connectivity index (χ3v) is 8.49. The molecule has 36 heavy (non-hydrogen) atoms. The van der Waals surface area contributed by atoms with E-state index in [2.05, 4.69) is 16.9 Å². The van der Waals surface area contributed by atoms with Gasteiger partial charge in [0.2, 0.25) is 0 Å². The molecular weight excluding hydrogens is 483 g/mol. The molecule has 0 radical (unpaired) electrons. The number of ether oxygens (including phenoxy) is 2. The summed E-state index contributed by atoms with van der Waals surface area (Å²) >= 11 is 0. The Morgan fingerprint density at radius 1 is 1.17 bits per heavy atom. The zero-order valence-electron chi connectivity index (χ0n) is 22.3. The number of carbonyl (C=O) groups excluding carboxylic acids is 2. The Balaban J connectivity index is 1.87. The predicted molar refractivity (Wildman–Crippen MR) is 137 cm³/mol. The van der Waals surface area contributed by atoms with Crippen LogP contribution in [0.5, 0.6) is 0 Å². The molecule has 2 unspecified atom stereocenters. The number of ketones is 1. The lowest BCUT2D eigenvalue weighted by molar-refractivity contribution is -0.164. The van der Waals surface area contributed by atoms with Crippen LogP contribution in [-0.2, 0) is 39.1 Å². The second-order valence-electron chi connectivity index (χ2n) is 10.4. The summed E-state index contributed by atoms with van der Waals surface area (Å²) in [6, 6.07) is 8.58. The molecule has 3 saturated heterocycles. The molecule has 1 aromatic rings. The molecular formula is C26H41N2O7P. The van der Waals surface area contributed by atoms with Gasteiger partial charge in [-0.25, -0.2) is 9.65 Å². The van der Waals surface area contributed by atoms with E-state index in [-0.39, 0.29) is 43.5 Å². The zero-order chi connectivity index (χ0) is 26.5. The van der Waals surface area contributed by atoms with Crippen LogP contribution in [-0.4, -0.2) is 73.4 Å². The van der Waals surface area contributed by atoms with Gasteiger partial charge in [-0.15, -0.1) is 0 Å². The Hall–Kier alpha value is -1.61. The van der Waals surface area contributed by atoms with E-state index in [4.69, 9.17) is 18.5 Å². The quantitative estimate of drug-likeness (QED) is 0.305. The van der Waals surface area contributed by atoms with Crippen molar-refractivity contribution in [1.29, 1.82) is 0 Å². The van der Waals surface area contributed by atoms with Gasteiger partial charge in [-0.1, -0.05) is 30.3 Å². The van der Waals surface area contributed by atoms with Crippen molar-refractivity contribution in [3.05, 3.63) is 35.9 Å². The summed E-state index contributed by atoms with van der Waals surface area (Å²) in [6.45, 7) is 9.76. The van der Waals surface area contributed by atoms with Crippen LogP contribution in [0.25, 0.3) is 0 Å². The van der Waals surface area contributed by atoms with E-state index in [1.807, 2.05) is 30.3 Å². The highest BCUT2D eigenvalue weighted by molar-refractivity contribution is 7.51. The van der Waals surface area contributed by atoms with E-state index in [0.717, 1.165) is 24.9 Å². The summed E-state index contributed by atoms with van der Waals surface area (Å²) in [5, 5.41) is 2.85. The van der Waals surface area contributed by atoms with E-state index >= 15 is 0 Å². The van der Waals surface area contributed by atoms with Gasteiger partial charge >= 0.3 is 13.7 Å². The Labute approximate surface area is 214 Å². The zero-order valence-corrected chi connectivity index (χ0v) is 23.2. The van der Waals surface area contributed by atoms with E-state index < -0.39 is 31.4 Å². The number of carbonyl (C=O) groups is 2. The van der Waals surface area contributed by atoms with Gasteiger partial charge in [0, 0.05) is 25.6 Å². The maximum atomic E-state index is 14.1. The first-order valence-electron chi connectivity index (χ1n) is 12.7. The minimum atomic E-state index is -4.05. The monoisotopic (exact) mass is 524 g/mol. The standard InChI is InChI=1S/C26H41N2O7P/c1-18(2)34-25(30)23(15-21-10-8-7-9-11-21)27-36(31,35-19(3)4)33-17-26(16-32-6)24(29)22-12-13-28(26)20(5)14-22/h7-11,18-20,22-23H,12-17H2,1-6H3,(H,27,31)/t20-,22+,23+,26+,36?/m1/s1. The van der Waals surface area contributed by atoms with E-state index in [1.54, 1.807) is 34.8 Å². The minimum Gasteiger partial charge on any atom is -0.462 e. The highest BCUT2D eigenvalue weighted by Gasteiger charge is 2.56. The van der Waals surface area contributed by atoms with Crippen LogP contribution in [0, 0.1) is 5.92 Å². The van der Waals surface area contributed by atoms with Crippen LogP contribution >= 0.6 is 7.75 Å². The number of piperidine rings is 3. The molecule has 9 nitrogen and oxygen atoms in total. The molecule has 0 spiro atoms. The lowest BCUT2D eigenvalue weighted by Gasteiger charge is -2.55. The molecule has 1 N–H and O–H groups in total. The summed E-state index contributed by atoms with van der Waals surface area (Å²) in [4.78, 5) is 28.5. The fourth-order valence-electron chi connectivity index (χ4n) is 5.26. The SMILES string of the molecule is COC[C@]1(COP(=O)(N[C@@H](Cc2ccccc2)C(=O)OC(C)C)OC(C)C)C(=O)[C@H]2CCN1[C@H](C)C2. The number of nitrogens with zero attached hydrogens (tertiary/aromatic N) is 1. The van der Waals surface area contributed by atoms with Crippen LogP contribution in [0.1, 0.15) is 53.0 Å². The molecule has 3 heterocycles. The van der Waals surface area contributed by atoms with E-state index in [1.165, 1.54) is 0 Å². The van der Waals surface area contributed by atoms with E-state index in [0.29, 0.717) is 0 Å². The first kappa shape index (κ1) is 29.0. The second kappa shape index (κ2) is 12.3. The van der Waals surface area contributed by atoms with Crippen molar-refractivity contribution in [2.45, 2.75) is 83.7 Å². The normalized spacial score (nSPS) is 28.3. The van der Waals surface area contributed by atoms with Gasteiger partial charge in [-0.2, -0.15) is 0 Å². The number of nitrogens with one attached hydrogen (secondary N) is 1. The Morgan fingerprint density at radius 2 is 1.86 bits per heavy atom. The molecule has 2 bridgehead atoms. The maximum absolute atomic E-state index is 14.1. The van der Waals surface area contributed by atoms with Gasteiger partial charge in [-0.05, 0) is 59.4 Å². The van der Waals surface area contributed by atoms with Crippen LogP contribution in [0.3, 0.4) is 0 Å². The Kier molecular flexibility index (Phi) is 9.88. The third kappa shape index (κ3) is 6.82. The fourth-order valence-corrected chi connectivity index (χ4v) is 6.97. The molecule has 0 aliphatic carbocycles. The van der Waals surface area contributed by atoms with Crippen molar-refractivity contribution in [3.8, 4) is 0 Å². The summed E-state index contributed by atoms with van der Waals surface area (Å²) in [7, 11) is -2.51. The fraction of sp³-hybridized carbons (Fsp3) is 0.692. The molecule has 0 amide bonds. The largest absolute Gasteiger partial charge is 0.462 e. The molecule has 10 heteroatoms. The Morgan fingerprint density at radius 3 is 2.44 bits per heavy atom. The summed E-state index contributed by atoms with van der Waals surface area (Å²) in [6.07, 6.45) is 1.02. The molecule has 4 rings (SSSR count). The highest BCUT2D eigenvalue weighted by atomic mass is 31.2. The minimum absolute atomic E-state index is 0.0462. The molecule has 202 valence electrons. The van der Waals surface area contributed by atoms with Gasteiger partial charge < -0.3 is 9.47 Å². The molecule has 6 atom stereocenters. The lowest BCUT2D eigenvalue weighted by Crippen LogP contribution is -2.71. The second-order valence-corrected chi connectivity index (χ2v) is 12.1. The van der Waals surface area contributed by atoms with Crippen molar-refractivity contribution in [3.63, 3.8) is 0 Å². The van der Waals surface area contributed by atoms with Crippen molar-refractivity contribution >= 4 is 19.5 Å². The van der Waals surface area contributed by atoms with Gasteiger partial charge in [0.25, 0.3) is 0 Å². The summed E-state index contributed by atoms with van der Waals surface area (Å²) < 4.78 is 36.7. The molecule has 0 saturated carbocycles. The maximum Gasteiger partial charge on any atom is 0.406 e. The average Bonchev–Trinajstić information content (AvgIpc) is 2.80. The predicted octanol–water partition coefficient (Wildman–Crippen LogP) is 3.76. The first-order valence-corrected chi connectivity index (χ1v) is 14.3. The molecule has 3 aliphatic rings. The number of hydrogen-bond donors (Lipinski definition) is 1. The van der Waals surface area contributed by atoms with Gasteiger partial charge in [0.1, 0.15) is 11.6 Å². The topological polar surface area (TPSA) is 103 Å². The van der Waals surface area contributed by atoms with Crippen LogP contribution in [0.4, 0.5) is 0 Å². The van der Waals surface area contributed by atoms with Crippen molar-refractivity contribution in [1.82, 2.24) is 9.99 Å². The highest BCUT2D eigenvalue weighted by Crippen LogP contribution is 2.49. The van der Waals surface area contributed by atoms with Crippen molar-refractivity contribution in [2.75, 3.05) is 26.9 Å². The number of hydrogen-bond acceptors (Lipinski definition) is 8. The molecule has 1 aromatic carbocycles. The van der Waals surface area contributed by atoms with Gasteiger partial charge in [0.15, 0.2) is 5.78 Å². The van der Waals surface area contributed by atoms with Crippen molar-refractivity contribution < 1.29 is 32.7 Å². The van der Waals surface area contributed by atoms with Crippen LogP contribution in [0.2, 0.25) is 0 Å². The average molecular weight is 525 g/mol. The van der Waals surface area contributed by atoms with Gasteiger partial charge in [-0.3, -0.25) is 23.5 Å². The number of fused-ring (bicyclic) bond motifs is 3. The lowest BCUT2D eigenvalue weighted by atomic mass is 9.71. The van der Waals surface area contributed by atoms with Crippen LogP contribution in [0.15, 0.2) is 30.3 Å². The molecule has 3 aliphatic heterocycles.